The van der Waals surface area contributed by atoms with E-state index in [2.05, 4.69) is 15.5 Å². The molecule has 0 saturated carbocycles. The molecule has 3 heterocycles. The maximum absolute atomic E-state index is 13.7. The Balaban J connectivity index is 1.46. The Morgan fingerprint density at radius 2 is 2.03 bits per heavy atom. The summed E-state index contributed by atoms with van der Waals surface area (Å²) in [5.74, 6) is -0.823. The van der Waals surface area contributed by atoms with Crippen LogP contribution in [0, 0.1) is 12.8 Å². The molecule has 0 spiro atoms. The average molecular weight is 542 g/mol. The molecule has 0 bridgehead atoms. The molecule has 204 valence electrons. The number of aryl methyl sites for hydroxylation is 1. The summed E-state index contributed by atoms with van der Waals surface area (Å²) < 4.78 is 10.8. The maximum Gasteiger partial charge on any atom is 0.254 e. The number of nitrogens with zero attached hydrogens (tertiary/aromatic N) is 3. The van der Waals surface area contributed by atoms with E-state index in [1.807, 2.05) is 57.5 Å². The van der Waals surface area contributed by atoms with Crippen LogP contribution in [0.3, 0.4) is 0 Å². The van der Waals surface area contributed by atoms with E-state index in [1.165, 1.54) is 4.90 Å². The molecule has 2 amide bonds. The Kier molecular flexibility index (Phi) is 8.80. The van der Waals surface area contributed by atoms with Gasteiger partial charge in [-0.3, -0.25) is 9.59 Å². The van der Waals surface area contributed by atoms with Crippen LogP contribution in [0.5, 0.6) is 5.88 Å². The third kappa shape index (κ3) is 6.06. The number of hydrogen-bond donors (Lipinski definition) is 3. The molecule has 3 aromatic rings. The van der Waals surface area contributed by atoms with Gasteiger partial charge in [-0.25, -0.2) is 4.98 Å². The van der Waals surface area contributed by atoms with Crippen LogP contribution in [0.4, 0.5) is 0 Å². The van der Waals surface area contributed by atoms with Gasteiger partial charge in [-0.05, 0) is 36.0 Å². The summed E-state index contributed by atoms with van der Waals surface area (Å²) in [6.07, 6.45) is -0.627. The van der Waals surface area contributed by atoms with Crippen molar-refractivity contribution in [2.75, 3.05) is 19.7 Å². The second-order valence-corrected chi connectivity index (χ2v) is 10.8. The molecule has 1 unspecified atom stereocenters. The summed E-state index contributed by atoms with van der Waals surface area (Å²) in [5, 5.41) is 17.3. The predicted molar refractivity (Wildman–Crippen MR) is 144 cm³/mol. The highest BCUT2D eigenvalue weighted by Crippen LogP contribution is 2.33. The zero-order valence-electron chi connectivity index (χ0n) is 22.1. The van der Waals surface area contributed by atoms with Gasteiger partial charge in [0.05, 0.1) is 28.2 Å². The van der Waals surface area contributed by atoms with Gasteiger partial charge in [-0.15, -0.1) is 11.3 Å². The van der Waals surface area contributed by atoms with Gasteiger partial charge in [0.25, 0.3) is 5.88 Å². The number of ether oxygens (including phenoxy) is 1. The molecule has 38 heavy (non-hydrogen) atoms. The molecule has 2 aromatic heterocycles. The minimum absolute atomic E-state index is 0.0715. The number of nitrogens with one attached hydrogen (secondary N) is 1. The fourth-order valence-electron chi connectivity index (χ4n) is 4.77. The SMILES string of the molecule is Cc1ncsc1-c1ccc([C@H](C)NC(=O)[C@@H]2C[C@@H](O)CN2C(=O)C(c2cc(OCCN)no2)C(C)C)cc1. The van der Waals surface area contributed by atoms with E-state index in [-0.39, 0.29) is 49.2 Å². The largest absolute Gasteiger partial charge is 0.474 e. The fraction of sp³-hybridized carbons (Fsp3) is 0.481. The van der Waals surface area contributed by atoms with Gasteiger partial charge in [-0.2, -0.15) is 0 Å². The van der Waals surface area contributed by atoms with Crippen LogP contribution < -0.4 is 15.8 Å². The summed E-state index contributed by atoms with van der Waals surface area (Å²) >= 11 is 1.59. The molecule has 4 rings (SSSR count). The van der Waals surface area contributed by atoms with Crippen LogP contribution in [0.1, 0.15) is 56.2 Å². The Bertz CT molecular complexity index is 1240. The van der Waals surface area contributed by atoms with Crippen molar-refractivity contribution in [3.8, 4) is 16.3 Å². The molecular formula is C27H35N5O5S. The topological polar surface area (TPSA) is 144 Å². The quantitative estimate of drug-likeness (QED) is 0.355. The fourth-order valence-corrected chi connectivity index (χ4v) is 5.58. The van der Waals surface area contributed by atoms with Crippen molar-refractivity contribution in [3.63, 3.8) is 0 Å². The number of amides is 2. The van der Waals surface area contributed by atoms with Crippen LogP contribution in [0.15, 0.2) is 40.4 Å². The maximum atomic E-state index is 13.7. The highest BCUT2D eigenvalue weighted by atomic mass is 32.1. The van der Waals surface area contributed by atoms with Gasteiger partial charge < -0.3 is 30.3 Å². The number of likely N-dealkylation sites (tertiary alicyclic amines) is 1. The van der Waals surface area contributed by atoms with Gasteiger partial charge in [0.15, 0.2) is 5.76 Å². The number of hydrogen-bond acceptors (Lipinski definition) is 9. The summed E-state index contributed by atoms with van der Waals surface area (Å²) in [7, 11) is 0. The number of aliphatic hydroxyl groups is 1. The van der Waals surface area contributed by atoms with Crippen molar-refractivity contribution < 1.29 is 24.0 Å². The van der Waals surface area contributed by atoms with Crippen LogP contribution >= 0.6 is 11.3 Å². The molecule has 1 aliphatic heterocycles. The molecular weight excluding hydrogens is 506 g/mol. The molecule has 10 nitrogen and oxygen atoms in total. The number of carbonyl (C=O) groups excluding carboxylic acids is 2. The number of nitrogens with two attached hydrogens (primary N) is 1. The Morgan fingerprint density at radius 1 is 1.29 bits per heavy atom. The van der Waals surface area contributed by atoms with Crippen LogP contribution in [0.25, 0.3) is 10.4 Å². The normalized spacial score (nSPS) is 19.0. The molecule has 0 aliphatic carbocycles. The van der Waals surface area contributed by atoms with Crippen LogP contribution in [-0.2, 0) is 9.59 Å². The number of aliphatic hydroxyl groups excluding tert-OH is 1. The molecule has 1 aromatic carbocycles. The smallest absolute Gasteiger partial charge is 0.254 e. The average Bonchev–Trinajstić information content (AvgIpc) is 3.62. The highest BCUT2D eigenvalue weighted by Gasteiger charge is 2.43. The number of thiazole rings is 1. The Morgan fingerprint density at radius 3 is 2.66 bits per heavy atom. The molecule has 4 atom stereocenters. The van der Waals surface area contributed by atoms with E-state index in [0.29, 0.717) is 12.3 Å². The number of aromatic nitrogens is 2. The predicted octanol–water partition coefficient (Wildman–Crippen LogP) is 3.02. The van der Waals surface area contributed by atoms with Crippen LogP contribution in [0.2, 0.25) is 0 Å². The van der Waals surface area contributed by atoms with Crippen molar-refractivity contribution in [1.29, 1.82) is 0 Å². The number of carbonyl (C=O) groups is 2. The van der Waals surface area contributed by atoms with Crippen molar-refractivity contribution in [3.05, 3.63) is 52.9 Å². The number of β-amino-alcohol motifs (C(OH)–C–C–N with tert-alkyl or cyclic N) is 1. The third-order valence-electron chi connectivity index (χ3n) is 6.76. The lowest BCUT2D eigenvalue weighted by Crippen LogP contribution is -2.48. The van der Waals surface area contributed by atoms with E-state index in [1.54, 1.807) is 17.4 Å². The third-order valence-corrected chi connectivity index (χ3v) is 7.73. The second kappa shape index (κ2) is 12.1. The van der Waals surface area contributed by atoms with E-state index >= 15 is 0 Å². The van der Waals surface area contributed by atoms with Crippen molar-refractivity contribution in [1.82, 2.24) is 20.4 Å². The lowest BCUT2D eigenvalue weighted by Gasteiger charge is -2.29. The highest BCUT2D eigenvalue weighted by molar-refractivity contribution is 7.13. The lowest BCUT2D eigenvalue weighted by molar-refractivity contribution is -0.141. The van der Waals surface area contributed by atoms with Gasteiger partial charge in [0.1, 0.15) is 18.6 Å². The first kappa shape index (κ1) is 27.7. The molecule has 1 saturated heterocycles. The lowest BCUT2D eigenvalue weighted by atomic mass is 9.91. The Labute approximate surface area is 226 Å². The van der Waals surface area contributed by atoms with Crippen molar-refractivity contribution in [2.24, 2.45) is 11.7 Å². The standard InChI is InChI=1S/C27H35N5O5S/c1-15(2)24(22-12-23(31-37-22)36-10-9-28)27(35)32-13-20(33)11-21(32)26(34)30-16(3)18-5-7-19(8-6-18)25-17(4)29-14-38-25/h5-8,12,14-16,20-21,24,33H,9-11,13,28H2,1-4H3,(H,30,34)/t16-,20+,21-,24?/m0/s1. The van der Waals surface area contributed by atoms with Gasteiger partial charge in [0, 0.05) is 25.6 Å². The van der Waals surface area contributed by atoms with Gasteiger partial charge in [0.2, 0.25) is 11.8 Å². The molecule has 0 radical (unpaired) electrons. The van der Waals surface area contributed by atoms with Gasteiger partial charge in [-0.1, -0.05) is 38.1 Å². The number of rotatable bonds is 10. The summed E-state index contributed by atoms with van der Waals surface area (Å²) in [5.41, 5.74) is 10.3. The minimum atomic E-state index is -0.795. The molecule has 11 heteroatoms. The van der Waals surface area contributed by atoms with E-state index in [9.17, 15) is 14.7 Å². The zero-order chi connectivity index (χ0) is 27.4. The van der Waals surface area contributed by atoms with Crippen molar-refractivity contribution in [2.45, 2.75) is 58.2 Å². The zero-order valence-corrected chi connectivity index (χ0v) is 22.9. The molecule has 1 aliphatic rings. The summed E-state index contributed by atoms with van der Waals surface area (Å²) in [6.45, 7) is 8.34. The molecule has 4 N–H and O–H groups in total. The van der Waals surface area contributed by atoms with E-state index in [0.717, 1.165) is 21.7 Å². The minimum Gasteiger partial charge on any atom is -0.474 e. The first-order valence-electron chi connectivity index (χ1n) is 12.8. The number of benzene rings is 1. The first-order valence-corrected chi connectivity index (χ1v) is 13.7. The van der Waals surface area contributed by atoms with Crippen LogP contribution in [-0.4, -0.2) is 63.8 Å². The van der Waals surface area contributed by atoms with E-state index in [4.69, 9.17) is 15.0 Å². The second-order valence-electron chi connectivity index (χ2n) is 9.94. The van der Waals surface area contributed by atoms with Crippen molar-refractivity contribution >= 4 is 23.2 Å². The Hall–Kier alpha value is -3.28. The monoisotopic (exact) mass is 541 g/mol. The first-order chi connectivity index (χ1) is 18.2. The molecule has 1 fully saturated rings. The van der Waals surface area contributed by atoms with Gasteiger partial charge >= 0.3 is 0 Å². The summed E-state index contributed by atoms with van der Waals surface area (Å²) in [6, 6.07) is 8.50. The summed E-state index contributed by atoms with van der Waals surface area (Å²) in [4.78, 5) is 33.9. The van der Waals surface area contributed by atoms with E-state index < -0.39 is 18.1 Å².